The van der Waals surface area contributed by atoms with Crippen molar-refractivity contribution in [2.75, 3.05) is 5.32 Å². The van der Waals surface area contributed by atoms with Crippen LogP contribution in [-0.2, 0) is 11.2 Å². The third-order valence-electron chi connectivity index (χ3n) is 3.23. The third-order valence-corrected chi connectivity index (χ3v) is 3.23. The molecule has 1 aromatic rings. The highest BCUT2D eigenvalue weighted by molar-refractivity contribution is 5.91. The molecule has 0 saturated carbocycles. The fraction of sp³-hybridized carbons (Fsp3) is 0.667. The number of carbonyl (C=O) groups is 1. The molecule has 0 saturated heterocycles. The summed E-state index contributed by atoms with van der Waals surface area (Å²) in [4.78, 5) is 20.3. The molecule has 0 aromatic carbocycles. The number of rotatable bonds is 8. The minimum Gasteiger partial charge on any atom is -0.389 e. The number of carbonyl (C=O) groups excluding carboxylic acids is 1. The number of aliphatic hydroxyl groups is 1. The first-order valence-corrected chi connectivity index (χ1v) is 7.36. The van der Waals surface area contributed by atoms with Gasteiger partial charge in [0.2, 0.25) is 5.91 Å². The van der Waals surface area contributed by atoms with Crippen LogP contribution in [0.2, 0.25) is 0 Å². The van der Waals surface area contributed by atoms with Gasteiger partial charge in [0, 0.05) is 6.42 Å². The molecule has 1 rings (SSSR count). The Balaban J connectivity index is 2.60. The van der Waals surface area contributed by atoms with E-state index in [4.69, 9.17) is 0 Å². The minimum absolute atomic E-state index is 0.115. The lowest BCUT2D eigenvalue weighted by Gasteiger charge is -2.26. The highest BCUT2D eigenvalue weighted by atomic mass is 16.3. The maximum Gasteiger partial charge on any atom is 0.227 e. The number of amides is 1. The van der Waals surface area contributed by atoms with Crippen LogP contribution in [0.25, 0.3) is 0 Å². The van der Waals surface area contributed by atoms with Crippen molar-refractivity contribution in [3.05, 3.63) is 18.2 Å². The summed E-state index contributed by atoms with van der Waals surface area (Å²) in [5.41, 5.74) is -0.333. The zero-order chi connectivity index (χ0) is 15.0. The van der Waals surface area contributed by atoms with Crippen LogP contribution in [0.15, 0.2) is 12.4 Å². The summed E-state index contributed by atoms with van der Waals surface area (Å²) in [6, 6.07) is 0. The Morgan fingerprint density at radius 2 is 1.75 bits per heavy atom. The minimum atomic E-state index is -0.905. The molecule has 0 aliphatic rings. The predicted octanol–water partition coefficient (Wildman–Crippen LogP) is 2.70. The molecule has 0 aliphatic carbocycles. The lowest BCUT2D eigenvalue weighted by Crippen LogP contribution is -2.33. The van der Waals surface area contributed by atoms with E-state index in [2.05, 4.69) is 15.3 Å². The molecule has 5 heteroatoms. The Labute approximate surface area is 120 Å². The maximum absolute atomic E-state index is 12.0. The number of aryl methyl sites for hydroxylation is 1. The van der Waals surface area contributed by atoms with Gasteiger partial charge < -0.3 is 10.4 Å². The van der Waals surface area contributed by atoms with E-state index in [9.17, 15) is 9.90 Å². The van der Waals surface area contributed by atoms with E-state index in [0.29, 0.717) is 18.5 Å². The first kappa shape index (κ1) is 16.6. The lowest BCUT2D eigenvalue weighted by molar-refractivity contribution is -0.121. The van der Waals surface area contributed by atoms with Crippen molar-refractivity contribution < 1.29 is 9.90 Å². The van der Waals surface area contributed by atoms with Crippen LogP contribution in [0, 0.1) is 0 Å². The Morgan fingerprint density at radius 3 is 2.20 bits per heavy atom. The van der Waals surface area contributed by atoms with Gasteiger partial charge in [-0.15, -0.1) is 0 Å². The summed E-state index contributed by atoms with van der Waals surface area (Å²) in [7, 11) is 0. The van der Waals surface area contributed by atoms with Crippen LogP contribution in [0.1, 0.15) is 58.7 Å². The van der Waals surface area contributed by atoms with Crippen LogP contribution in [0.3, 0.4) is 0 Å². The topological polar surface area (TPSA) is 75.1 Å². The molecule has 0 spiro atoms. The highest BCUT2D eigenvalue weighted by Gasteiger charge is 2.28. The van der Waals surface area contributed by atoms with Gasteiger partial charge in [-0.2, -0.15) is 0 Å². The largest absolute Gasteiger partial charge is 0.389 e. The Hall–Kier alpha value is -1.49. The second-order valence-corrected chi connectivity index (χ2v) is 5.19. The van der Waals surface area contributed by atoms with Crippen LogP contribution in [-0.4, -0.2) is 26.6 Å². The van der Waals surface area contributed by atoms with E-state index in [1.807, 2.05) is 20.8 Å². The Kier molecular flexibility index (Phi) is 6.58. The third kappa shape index (κ3) is 5.25. The summed E-state index contributed by atoms with van der Waals surface area (Å²) in [5, 5.41) is 13.2. The Bertz CT molecular complexity index is 412. The molecule has 20 heavy (non-hydrogen) atoms. The van der Waals surface area contributed by atoms with Crippen molar-refractivity contribution in [1.82, 2.24) is 9.97 Å². The van der Waals surface area contributed by atoms with Gasteiger partial charge in [-0.05, 0) is 12.8 Å². The first-order valence-electron chi connectivity index (χ1n) is 7.36. The summed E-state index contributed by atoms with van der Waals surface area (Å²) in [6.07, 6.45) is 7.07. The molecule has 0 atom stereocenters. The van der Waals surface area contributed by atoms with E-state index in [1.165, 1.54) is 0 Å². The molecular weight excluding hydrogens is 254 g/mol. The van der Waals surface area contributed by atoms with E-state index in [-0.39, 0.29) is 12.3 Å². The second kappa shape index (κ2) is 7.94. The number of hydrogen-bond donors (Lipinski definition) is 2. The van der Waals surface area contributed by atoms with Crippen molar-refractivity contribution in [1.29, 1.82) is 0 Å². The van der Waals surface area contributed by atoms with Gasteiger partial charge >= 0.3 is 0 Å². The van der Waals surface area contributed by atoms with Gasteiger partial charge in [-0.1, -0.05) is 33.6 Å². The molecule has 0 aliphatic heterocycles. The van der Waals surface area contributed by atoms with Crippen molar-refractivity contribution in [3.8, 4) is 0 Å². The molecule has 1 amide bonds. The zero-order valence-electron chi connectivity index (χ0n) is 12.6. The molecular formula is C15H25N3O2. The first-order chi connectivity index (χ1) is 9.53. The molecule has 1 aromatic heterocycles. The zero-order valence-corrected chi connectivity index (χ0v) is 12.6. The summed E-state index contributed by atoms with van der Waals surface area (Å²) >= 11 is 0. The van der Waals surface area contributed by atoms with Crippen molar-refractivity contribution in [2.45, 2.75) is 64.9 Å². The molecule has 0 fully saturated rings. The number of anilines is 1. The molecule has 0 bridgehead atoms. The molecule has 1 heterocycles. The van der Waals surface area contributed by atoms with Crippen molar-refractivity contribution >= 4 is 11.6 Å². The fourth-order valence-corrected chi connectivity index (χ4v) is 2.34. The second-order valence-electron chi connectivity index (χ2n) is 5.19. The summed E-state index contributed by atoms with van der Waals surface area (Å²) < 4.78 is 0. The van der Waals surface area contributed by atoms with Gasteiger partial charge in [0.15, 0.2) is 0 Å². The van der Waals surface area contributed by atoms with E-state index >= 15 is 0 Å². The molecule has 5 nitrogen and oxygen atoms in total. The number of nitrogens with zero attached hydrogens (tertiary/aromatic N) is 2. The average Bonchev–Trinajstić information content (AvgIpc) is 2.39. The summed E-state index contributed by atoms with van der Waals surface area (Å²) in [6.45, 7) is 5.99. The number of aromatic nitrogens is 2. The number of nitrogens with one attached hydrogen (secondary N) is 1. The van der Waals surface area contributed by atoms with E-state index in [1.54, 1.807) is 12.4 Å². The average molecular weight is 279 g/mol. The van der Waals surface area contributed by atoms with E-state index < -0.39 is 5.60 Å². The molecule has 2 N–H and O–H groups in total. The quantitative estimate of drug-likeness (QED) is 0.767. The fourth-order valence-electron chi connectivity index (χ4n) is 2.34. The molecule has 112 valence electrons. The standard InChI is InChI=1S/C15H25N3O2/c1-4-7-15(20,8-5-2)9-14(19)18-12-10-16-13(6-3)17-11-12/h10-11,20H,4-9H2,1-3H3,(H,18,19). The van der Waals surface area contributed by atoms with Gasteiger partial charge in [-0.3, -0.25) is 4.79 Å². The van der Waals surface area contributed by atoms with Crippen molar-refractivity contribution in [2.24, 2.45) is 0 Å². The molecule has 0 radical (unpaired) electrons. The molecule has 0 unspecified atom stereocenters. The SMILES string of the molecule is CCCC(O)(CCC)CC(=O)Nc1cnc(CC)nc1. The van der Waals surface area contributed by atoms with Gasteiger partial charge in [0.1, 0.15) is 5.82 Å². The normalized spacial score (nSPS) is 11.4. The van der Waals surface area contributed by atoms with Gasteiger partial charge in [0.25, 0.3) is 0 Å². The summed E-state index contributed by atoms with van der Waals surface area (Å²) in [5.74, 6) is 0.554. The van der Waals surface area contributed by atoms with Crippen molar-refractivity contribution in [3.63, 3.8) is 0 Å². The smallest absolute Gasteiger partial charge is 0.227 e. The monoisotopic (exact) mass is 279 g/mol. The van der Waals surface area contributed by atoms with Crippen LogP contribution in [0.4, 0.5) is 5.69 Å². The van der Waals surface area contributed by atoms with Crippen LogP contribution in [0.5, 0.6) is 0 Å². The van der Waals surface area contributed by atoms with Crippen LogP contribution >= 0.6 is 0 Å². The highest BCUT2D eigenvalue weighted by Crippen LogP contribution is 2.24. The van der Waals surface area contributed by atoms with Crippen LogP contribution < -0.4 is 5.32 Å². The Morgan fingerprint density at radius 1 is 1.20 bits per heavy atom. The lowest BCUT2D eigenvalue weighted by atomic mass is 9.89. The van der Waals surface area contributed by atoms with Gasteiger partial charge in [-0.25, -0.2) is 9.97 Å². The predicted molar refractivity (Wildman–Crippen MR) is 79.4 cm³/mol. The maximum atomic E-state index is 12.0. The van der Waals surface area contributed by atoms with Gasteiger partial charge in [0.05, 0.1) is 30.1 Å². The number of hydrogen-bond acceptors (Lipinski definition) is 4. The van der Waals surface area contributed by atoms with E-state index in [0.717, 1.165) is 25.1 Å².